The molecule has 5 nitrogen and oxygen atoms in total. The van der Waals surface area contributed by atoms with Crippen molar-refractivity contribution in [1.29, 1.82) is 0 Å². The molecule has 0 aliphatic carbocycles. The number of nitrogens with one attached hydrogen (secondary N) is 2. The van der Waals surface area contributed by atoms with Crippen LogP contribution in [0.2, 0.25) is 0 Å². The van der Waals surface area contributed by atoms with Gasteiger partial charge in [-0.15, -0.1) is 0 Å². The zero-order valence-electron chi connectivity index (χ0n) is 15.2. The highest BCUT2D eigenvalue weighted by Crippen LogP contribution is 2.35. The van der Waals surface area contributed by atoms with Crippen LogP contribution in [-0.4, -0.2) is 21.5 Å². The van der Waals surface area contributed by atoms with Gasteiger partial charge in [0.05, 0.1) is 5.71 Å². The van der Waals surface area contributed by atoms with Gasteiger partial charge in [0.1, 0.15) is 17.1 Å². The van der Waals surface area contributed by atoms with Crippen molar-refractivity contribution in [3.63, 3.8) is 0 Å². The number of hydrazone groups is 1. The first-order chi connectivity index (χ1) is 12.4. The number of anilines is 1. The van der Waals surface area contributed by atoms with E-state index in [2.05, 4.69) is 28.8 Å². The molecule has 0 radical (unpaired) electrons. The van der Waals surface area contributed by atoms with E-state index in [1.54, 1.807) is 18.2 Å². The molecule has 0 unspecified atom stereocenters. The number of para-hydroxylation sites is 1. The number of benzene rings is 2. The Morgan fingerprint density at radius 3 is 2.81 bits per heavy atom. The van der Waals surface area contributed by atoms with Crippen molar-refractivity contribution in [2.24, 2.45) is 5.10 Å². The highest BCUT2D eigenvalue weighted by atomic mass is 32.1. The van der Waals surface area contributed by atoms with Crippen LogP contribution in [0.1, 0.15) is 38.3 Å². The summed E-state index contributed by atoms with van der Waals surface area (Å²) in [5.41, 5.74) is 6.26. The van der Waals surface area contributed by atoms with Gasteiger partial charge in [-0.05, 0) is 62.3 Å². The number of thiocarbonyl (C=S) groups is 1. The molecular formula is C20H23N3O2S. The average Bonchev–Trinajstić information content (AvgIpc) is 2.60. The van der Waals surface area contributed by atoms with E-state index in [0.717, 1.165) is 23.4 Å². The van der Waals surface area contributed by atoms with Crippen LogP contribution in [0, 0.1) is 0 Å². The molecule has 2 aromatic rings. The van der Waals surface area contributed by atoms with E-state index in [1.807, 2.05) is 32.0 Å². The standard InChI is InChI=1S/C20H23N3O2S/c1-4-13-7-5-6-8-16(13)21-19(26)23-22-17-12-20(2,3)25-18-10-9-14(24)11-15(17)18/h5-11,24H,4,12H2,1-3H3,(H2,21,23,26). The molecule has 3 rings (SSSR count). The normalized spacial score (nSPS) is 16.5. The van der Waals surface area contributed by atoms with Gasteiger partial charge in [0.2, 0.25) is 0 Å². The summed E-state index contributed by atoms with van der Waals surface area (Å²) < 4.78 is 5.97. The van der Waals surface area contributed by atoms with E-state index in [9.17, 15) is 5.11 Å². The van der Waals surface area contributed by atoms with Crippen LogP contribution in [-0.2, 0) is 6.42 Å². The van der Waals surface area contributed by atoms with Crippen molar-refractivity contribution >= 4 is 28.7 Å². The summed E-state index contributed by atoms with van der Waals surface area (Å²) in [4.78, 5) is 0. The third-order valence-corrected chi connectivity index (χ3v) is 4.39. The lowest BCUT2D eigenvalue weighted by atomic mass is 9.92. The lowest BCUT2D eigenvalue weighted by Crippen LogP contribution is -2.37. The maximum Gasteiger partial charge on any atom is 0.191 e. The molecule has 0 saturated heterocycles. The number of aryl methyl sites for hydroxylation is 1. The van der Waals surface area contributed by atoms with Crippen molar-refractivity contribution in [2.45, 2.75) is 39.2 Å². The molecule has 0 aromatic heterocycles. The van der Waals surface area contributed by atoms with E-state index in [4.69, 9.17) is 17.0 Å². The lowest BCUT2D eigenvalue weighted by Gasteiger charge is -2.33. The Balaban J connectivity index is 1.79. The second kappa shape index (κ2) is 7.33. The monoisotopic (exact) mass is 369 g/mol. The van der Waals surface area contributed by atoms with E-state index in [0.29, 0.717) is 17.3 Å². The minimum Gasteiger partial charge on any atom is -0.508 e. The van der Waals surface area contributed by atoms with Gasteiger partial charge in [0, 0.05) is 17.7 Å². The average molecular weight is 369 g/mol. The third kappa shape index (κ3) is 4.14. The van der Waals surface area contributed by atoms with Crippen molar-refractivity contribution in [2.75, 3.05) is 5.32 Å². The Bertz CT molecular complexity index is 862. The molecule has 0 atom stereocenters. The Labute approximate surface area is 159 Å². The fourth-order valence-corrected chi connectivity index (χ4v) is 3.14. The number of phenols is 1. The van der Waals surface area contributed by atoms with Gasteiger partial charge in [-0.25, -0.2) is 0 Å². The Morgan fingerprint density at radius 2 is 2.04 bits per heavy atom. The zero-order chi connectivity index (χ0) is 18.7. The van der Waals surface area contributed by atoms with Gasteiger partial charge in [0.25, 0.3) is 0 Å². The topological polar surface area (TPSA) is 65.9 Å². The number of fused-ring (bicyclic) bond motifs is 1. The predicted molar refractivity (Wildman–Crippen MR) is 109 cm³/mol. The maximum absolute atomic E-state index is 9.80. The molecule has 26 heavy (non-hydrogen) atoms. The molecule has 1 aliphatic heterocycles. The number of ether oxygens (including phenoxy) is 1. The molecule has 2 aromatic carbocycles. The van der Waals surface area contributed by atoms with Gasteiger partial charge in [-0.3, -0.25) is 5.43 Å². The van der Waals surface area contributed by atoms with Crippen molar-refractivity contribution in [1.82, 2.24) is 5.43 Å². The van der Waals surface area contributed by atoms with E-state index >= 15 is 0 Å². The van der Waals surface area contributed by atoms with Gasteiger partial charge < -0.3 is 15.2 Å². The third-order valence-electron chi connectivity index (χ3n) is 4.19. The molecule has 0 saturated carbocycles. The minimum absolute atomic E-state index is 0.178. The summed E-state index contributed by atoms with van der Waals surface area (Å²) in [6.45, 7) is 6.11. The first kappa shape index (κ1) is 18.2. The van der Waals surface area contributed by atoms with Crippen molar-refractivity contribution in [3.8, 4) is 11.5 Å². The summed E-state index contributed by atoms with van der Waals surface area (Å²) in [5.74, 6) is 0.882. The van der Waals surface area contributed by atoms with Crippen LogP contribution in [0.3, 0.4) is 0 Å². The van der Waals surface area contributed by atoms with Gasteiger partial charge in [-0.2, -0.15) is 5.10 Å². The molecule has 136 valence electrons. The first-order valence-corrected chi connectivity index (χ1v) is 9.02. The fraction of sp³-hybridized carbons (Fsp3) is 0.300. The highest BCUT2D eigenvalue weighted by molar-refractivity contribution is 7.80. The second-order valence-electron chi connectivity index (χ2n) is 6.85. The molecule has 1 aliphatic rings. The lowest BCUT2D eigenvalue weighted by molar-refractivity contribution is 0.111. The van der Waals surface area contributed by atoms with Crippen LogP contribution in [0.5, 0.6) is 11.5 Å². The smallest absolute Gasteiger partial charge is 0.191 e. The Hall–Kier alpha value is -2.60. The quantitative estimate of drug-likeness (QED) is 0.559. The highest BCUT2D eigenvalue weighted by Gasteiger charge is 2.31. The molecule has 0 spiro atoms. The molecule has 3 N–H and O–H groups in total. The fourth-order valence-electron chi connectivity index (χ4n) is 2.98. The van der Waals surface area contributed by atoms with Crippen LogP contribution in [0.4, 0.5) is 5.69 Å². The van der Waals surface area contributed by atoms with E-state index in [-0.39, 0.29) is 11.4 Å². The van der Waals surface area contributed by atoms with Crippen LogP contribution < -0.4 is 15.5 Å². The molecule has 0 bridgehead atoms. The van der Waals surface area contributed by atoms with E-state index in [1.165, 1.54) is 5.56 Å². The zero-order valence-corrected chi connectivity index (χ0v) is 16.0. The van der Waals surface area contributed by atoms with Gasteiger partial charge in [0.15, 0.2) is 5.11 Å². The number of nitrogens with zero attached hydrogens (tertiary/aromatic N) is 1. The Kier molecular flexibility index (Phi) is 5.13. The molecule has 6 heteroatoms. The van der Waals surface area contributed by atoms with Crippen LogP contribution in [0.15, 0.2) is 47.6 Å². The molecule has 0 fully saturated rings. The number of rotatable bonds is 3. The summed E-state index contributed by atoms with van der Waals surface area (Å²) in [6.07, 6.45) is 1.52. The largest absolute Gasteiger partial charge is 0.508 e. The molecule has 0 amide bonds. The van der Waals surface area contributed by atoms with Crippen LogP contribution >= 0.6 is 12.2 Å². The SMILES string of the molecule is CCc1ccccc1NC(=S)NN=C1CC(C)(C)Oc2ccc(O)cc21. The number of hydrogen-bond acceptors (Lipinski definition) is 4. The van der Waals surface area contributed by atoms with Gasteiger partial charge in [-0.1, -0.05) is 25.1 Å². The molecule has 1 heterocycles. The number of phenolic OH excluding ortho intramolecular Hbond substituents is 1. The number of aromatic hydroxyl groups is 1. The van der Waals surface area contributed by atoms with Crippen molar-refractivity contribution in [3.05, 3.63) is 53.6 Å². The van der Waals surface area contributed by atoms with Crippen molar-refractivity contribution < 1.29 is 9.84 Å². The number of hydrogen-bond donors (Lipinski definition) is 3. The predicted octanol–water partition coefficient (Wildman–Crippen LogP) is 4.21. The van der Waals surface area contributed by atoms with Crippen LogP contribution in [0.25, 0.3) is 0 Å². The summed E-state index contributed by atoms with van der Waals surface area (Å²) >= 11 is 5.38. The first-order valence-electron chi connectivity index (χ1n) is 8.62. The van der Waals surface area contributed by atoms with E-state index < -0.39 is 0 Å². The Morgan fingerprint density at radius 1 is 1.27 bits per heavy atom. The summed E-state index contributed by atoms with van der Waals surface area (Å²) in [7, 11) is 0. The molecular weight excluding hydrogens is 346 g/mol. The van der Waals surface area contributed by atoms with Gasteiger partial charge >= 0.3 is 0 Å². The minimum atomic E-state index is -0.381. The maximum atomic E-state index is 9.80. The summed E-state index contributed by atoms with van der Waals surface area (Å²) in [6, 6.07) is 13.1. The second-order valence-corrected chi connectivity index (χ2v) is 7.26. The summed E-state index contributed by atoms with van der Waals surface area (Å²) in [5, 5.41) is 17.9.